The van der Waals surface area contributed by atoms with E-state index in [-0.39, 0.29) is 22.7 Å². The summed E-state index contributed by atoms with van der Waals surface area (Å²) in [4.78, 5) is 24.2. The highest BCUT2D eigenvalue weighted by atomic mass is 32.2. The Kier molecular flexibility index (Phi) is 5.53. The number of nitro benzene ring substituents is 1. The van der Waals surface area contributed by atoms with Crippen LogP contribution in [0.1, 0.15) is 11.8 Å². The first kappa shape index (κ1) is 18.3. The number of halogens is 1. The van der Waals surface area contributed by atoms with E-state index in [4.69, 9.17) is 0 Å². The van der Waals surface area contributed by atoms with Gasteiger partial charge in [-0.15, -0.1) is 23.1 Å². The van der Waals surface area contributed by atoms with Crippen molar-refractivity contribution in [3.63, 3.8) is 0 Å². The fourth-order valence-electron chi connectivity index (χ4n) is 2.38. The molecule has 5 nitrogen and oxygen atoms in total. The normalized spacial score (nSPS) is 12.1. The lowest BCUT2D eigenvalue weighted by molar-refractivity contribution is -0.384. The number of amides is 1. The zero-order valence-corrected chi connectivity index (χ0v) is 15.4. The van der Waals surface area contributed by atoms with Crippen molar-refractivity contribution in [1.82, 2.24) is 5.32 Å². The first-order valence-electron chi connectivity index (χ1n) is 7.79. The average molecular weight is 390 g/mol. The van der Waals surface area contributed by atoms with E-state index < -0.39 is 4.92 Å². The summed E-state index contributed by atoms with van der Waals surface area (Å²) in [5.74, 6) is -0.406. The van der Waals surface area contributed by atoms with Gasteiger partial charge in [0.2, 0.25) is 5.91 Å². The van der Waals surface area contributed by atoms with Gasteiger partial charge in [0, 0.05) is 26.6 Å². The molecule has 1 atom stereocenters. The Labute approximate surface area is 157 Å². The molecular formula is C18H15FN2O3S2. The zero-order chi connectivity index (χ0) is 18.7. The van der Waals surface area contributed by atoms with E-state index in [9.17, 15) is 19.3 Å². The number of fused-ring (bicyclic) bond motifs is 1. The highest BCUT2D eigenvalue weighted by Gasteiger charge is 2.15. The van der Waals surface area contributed by atoms with Crippen molar-refractivity contribution < 1.29 is 14.1 Å². The van der Waals surface area contributed by atoms with Crippen molar-refractivity contribution in [2.24, 2.45) is 0 Å². The fourth-order valence-corrected chi connectivity index (χ4v) is 4.25. The number of benzene rings is 2. The quantitative estimate of drug-likeness (QED) is 0.375. The second-order valence-electron chi connectivity index (χ2n) is 5.62. The molecule has 0 radical (unpaired) electrons. The van der Waals surface area contributed by atoms with Gasteiger partial charge in [0.05, 0.1) is 16.7 Å². The molecule has 8 heteroatoms. The maximum atomic E-state index is 13.2. The fraction of sp³-hybridized carbons (Fsp3) is 0.167. The summed E-state index contributed by atoms with van der Waals surface area (Å²) in [6.07, 6.45) is 0. The predicted octanol–water partition coefficient (Wildman–Crippen LogP) is 4.75. The Morgan fingerprint density at radius 2 is 2.00 bits per heavy atom. The number of hydrogen-bond acceptors (Lipinski definition) is 5. The molecular weight excluding hydrogens is 375 g/mol. The van der Waals surface area contributed by atoms with Gasteiger partial charge in [0.25, 0.3) is 5.69 Å². The average Bonchev–Trinajstić information content (AvgIpc) is 3.02. The Bertz CT molecular complexity index is 957. The van der Waals surface area contributed by atoms with Crippen molar-refractivity contribution in [2.75, 3.05) is 0 Å². The third-order valence-electron chi connectivity index (χ3n) is 3.70. The molecule has 1 heterocycles. The van der Waals surface area contributed by atoms with Gasteiger partial charge in [-0.25, -0.2) is 4.39 Å². The molecule has 26 heavy (non-hydrogen) atoms. The SMILES string of the molecule is CC(Sc1ccc([N+](=O)[O-])cc1)C(=O)NCc1cc2cc(F)ccc2s1. The highest BCUT2D eigenvalue weighted by Crippen LogP contribution is 2.27. The first-order valence-corrected chi connectivity index (χ1v) is 9.49. The lowest BCUT2D eigenvalue weighted by atomic mass is 10.2. The lowest BCUT2D eigenvalue weighted by Gasteiger charge is -2.11. The molecule has 0 spiro atoms. The molecule has 0 saturated heterocycles. The van der Waals surface area contributed by atoms with E-state index in [0.717, 1.165) is 19.9 Å². The molecule has 1 N–H and O–H groups in total. The van der Waals surface area contributed by atoms with Crippen LogP contribution in [0.25, 0.3) is 10.1 Å². The molecule has 1 unspecified atom stereocenters. The van der Waals surface area contributed by atoms with Crippen molar-refractivity contribution in [2.45, 2.75) is 23.6 Å². The van der Waals surface area contributed by atoms with Crippen molar-refractivity contribution in [3.05, 3.63) is 69.3 Å². The number of hydrogen-bond donors (Lipinski definition) is 1. The second-order valence-corrected chi connectivity index (χ2v) is 8.21. The topological polar surface area (TPSA) is 72.2 Å². The molecule has 3 aromatic rings. The number of nitrogens with zero attached hydrogens (tertiary/aromatic N) is 1. The van der Waals surface area contributed by atoms with E-state index in [2.05, 4.69) is 5.32 Å². The minimum Gasteiger partial charge on any atom is -0.350 e. The molecule has 1 aromatic heterocycles. The number of carbonyl (C=O) groups excluding carboxylic acids is 1. The number of non-ortho nitro benzene ring substituents is 1. The number of rotatable bonds is 6. The first-order chi connectivity index (χ1) is 12.4. The van der Waals surface area contributed by atoms with Gasteiger partial charge in [-0.05, 0) is 48.7 Å². The van der Waals surface area contributed by atoms with Crippen molar-refractivity contribution >= 4 is 44.8 Å². The monoisotopic (exact) mass is 390 g/mol. The minimum atomic E-state index is -0.457. The van der Waals surface area contributed by atoms with E-state index >= 15 is 0 Å². The lowest BCUT2D eigenvalue weighted by Crippen LogP contribution is -2.30. The molecule has 0 bridgehead atoms. The summed E-state index contributed by atoms with van der Waals surface area (Å²) in [5, 5.41) is 14.0. The van der Waals surface area contributed by atoms with Gasteiger partial charge in [-0.2, -0.15) is 0 Å². The van der Waals surface area contributed by atoms with Crippen molar-refractivity contribution in [3.8, 4) is 0 Å². The molecule has 0 aliphatic rings. The van der Waals surface area contributed by atoms with Crippen LogP contribution in [0.15, 0.2) is 53.4 Å². The molecule has 2 aromatic carbocycles. The number of nitro groups is 1. The Morgan fingerprint density at radius 3 is 2.69 bits per heavy atom. The van der Waals surface area contributed by atoms with Crippen LogP contribution in [0.2, 0.25) is 0 Å². The minimum absolute atomic E-state index is 0.0210. The van der Waals surface area contributed by atoms with Gasteiger partial charge < -0.3 is 5.32 Å². The summed E-state index contributed by atoms with van der Waals surface area (Å²) in [5.41, 5.74) is 0.0210. The van der Waals surface area contributed by atoms with Gasteiger partial charge >= 0.3 is 0 Å². The second kappa shape index (κ2) is 7.84. The van der Waals surface area contributed by atoms with E-state index in [1.165, 1.54) is 47.4 Å². The summed E-state index contributed by atoms with van der Waals surface area (Å²) >= 11 is 2.85. The number of nitrogens with one attached hydrogen (secondary N) is 1. The maximum absolute atomic E-state index is 13.2. The van der Waals surface area contributed by atoms with Gasteiger partial charge in [0.1, 0.15) is 5.82 Å². The molecule has 0 fully saturated rings. The number of thiophene rings is 1. The number of carbonyl (C=O) groups is 1. The van der Waals surface area contributed by atoms with Crippen LogP contribution in [0.5, 0.6) is 0 Å². The Balaban J connectivity index is 1.57. The van der Waals surface area contributed by atoms with Gasteiger partial charge in [-0.1, -0.05) is 0 Å². The van der Waals surface area contributed by atoms with E-state index in [1.807, 2.05) is 6.07 Å². The third-order valence-corrected chi connectivity index (χ3v) is 5.92. The molecule has 0 aliphatic heterocycles. The zero-order valence-electron chi connectivity index (χ0n) is 13.8. The van der Waals surface area contributed by atoms with Gasteiger partial charge in [0.15, 0.2) is 0 Å². The Morgan fingerprint density at radius 1 is 1.27 bits per heavy atom. The van der Waals surface area contributed by atoms with E-state index in [1.54, 1.807) is 25.1 Å². The molecule has 1 amide bonds. The largest absolute Gasteiger partial charge is 0.350 e. The molecule has 0 saturated carbocycles. The van der Waals surface area contributed by atoms with Crippen LogP contribution in [-0.2, 0) is 11.3 Å². The smallest absolute Gasteiger partial charge is 0.269 e. The summed E-state index contributed by atoms with van der Waals surface area (Å²) < 4.78 is 14.2. The number of thioether (sulfide) groups is 1. The summed E-state index contributed by atoms with van der Waals surface area (Å²) in [6.45, 7) is 2.16. The van der Waals surface area contributed by atoms with Crippen LogP contribution >= 0.6 is 23.1 Å². The van der Waals surface area contributed by atoms with Crippen LogP contribution < -0.4 is 5.32 Å². The van der Waals surface area contributed by atoms with Crippen LogP contribution in [-0.4, -0.2) is 16.1 Å². The third kappa shape index (κ3) is 4.39. The standard InChI is InChI=1S/C18H15FN2O3S2/c1-11(25-15-5-3-14(4-6-15)21(23)24)18(22)20-10-16-9-12-8-13(19)2-7-17(12)26-16/h2-9,11H,10H2,1H3,(H,20,22). The van der Waals surface area contributed by atoms with E-state index in [0.29, 0.717) is 6.54 Å². The predicted molar refractivity (Wildman–Crippen MR) is 102 cm³/mol. The summed E-state index contributed by atoms with van der Waals surface area (Å²) in [6, 6.07) is 12.6. The highest BCUT2D eigenvalue weighted by molar-refractivity contribution is 8.00. The molecule has 0 aliphatic carbocycles. The Hall–Kier alpha value is -2.45. The van der Waals surface area contributed by atoms with Crippen LogP contribution in [0.4, 0.5) is 10.1 Å². The van der Waals surface area contributed by atoms with Gasteiger partial charge in [-0.3, -0.25) is 14.9 Å². The van der Waals surface area contributed by atoms with Crippen molar-refractivity contribution in [1.29, 1.82) is 0 Å². The molecule has 134 valence electrons. The summed E-state index contributed by atoms with van der Waals surface area (Å²) in [7, 11) is 0. The van der Waals surface area contributed by atoms with Crippen LogP contribution in [0.3, 0.4) is 0 Å². The maximum Gasteiger partial charge on any atom is 0.269 e. The van der Waals surface area contributed by atoms with Crippen LogP contribution in [0, 0.1) is 15.9 Å². The molecule has 3 rings (SSSR count).